The molecule has 0 aliphatic carbocycles. The predicted octanol–water partition coefficient (Wildman–Crippen LogP) is 2.02. The molecule has 1 aliphatic rings. The quantitative estimate of drug-likeness (QED) is 0.600. The highest BCUT2D eigenvalue weighted by atomic mass is 32.1. The molecule has 1 aromatic rings. The molecule has 4 heteroatoms. The van der Waals surface area contributed by atoms with E-state index in [1.54, 1.807) is 17.4 Å². The highest BCUT2D eigenvalue weighted by molar-refractivity contribution is 7.09. The number of nitrogens with one attached hydrogen (secondary N) is 2. The second-order valence-corrected chi connectivity index (χ2v) is 3.22. The summed E-state index contributed by atoms with van der Waals surface area (Å²) >= 11 is 1.57. The van der Waals surface area contributed by atoms with E-state index < -0.39 is 0 Å². The van der Waals surface area contributed by atoms with Crippen LogP contribution in [0.2, 0.25) is 0 Å². The lowest BCUT2D eigenvalue weighted by molar-refractivity contribution is -0.112. The number of allylic oxidation sites excluding steroid dienone is 1. The van der Waals surface area contributed by atoms with Crippen LogP contribution < -0.4 is 10.6 Å². The molecule has 0 saturated carbocycles. The molecule has 0 radical (unpaired) electrons. The van der Waals surface area contributed by atoms with Crippen LogP contribution in [0.3, 0.4) is 0 Å². The van der Waals surface area contributed by atoms with Crippen molar-refractivity contribution < 1.29 is 4.79 Å². The zero-order valence-corrected chi connectivity index (χ0v) is 7.37. The Morgan fingerprint density at radius 3 is 2.67 bits per heavy atom. The minimum Gasteiger partial charge on any atom is -0.349 e. The second-order valence-electron chi connectivity index (χ2n) is 2.48. The fourth-order valence-corrected chi connectivity index (χ4v) is 1.80. The largest absolute Gasteiger partial charge is 0.349 e. The molecule has 0 bridgehead atoms. The topological polar surface area (TPSA) is 41.1 Å². The van der Waals surface area contributed by atoms with Crippen LogP contribution in [0, 0.1) is 0 Å². The summed E-state index contributed by atoms with van der Waals surface area (Å²) in [6, 6.07) is 0. The lowest BCUT2D eigenvalue weighted by atomic mass is 10.2. The molecule has 0 fully saturated rings. The Bertz CT molecular complexity index is 354. The average molecular weight is 180 g/mol. The first-order chi connectivity index (χ1) is 5.81. The molecule has 0 atom stereocenters. The van der Waals surface area contributed by atoms with Crippen molar-refractivity contribution >= 4 is 28.6 Å². The third kappa shape index (κ3) is 1.00. The average Bonchev–Trinajstić information content (AvgIpc) is 2.49. The molecule has 2 N–H and O–H groups in total. The second kappa shape index (κ2) is 2.64. The summed E-state index contributed by atoms with van der Waals surface area (Å²) < 4.78 is 0. The zero-order chi connectivity index (χ0) is 8.55. The number of fused-ring (bicyclic) bond motifs is 1. The Morgan fingerprint density at radius 2 is 2.00 bits per heavy atom. The van der Waals surface area contributed by atoms with Crippen LogP contribution in [0.15, 0.2) is 22.5 Å². The fraction of sp³-hybridized carbons (Fsp3) is 0.125. The van der Waals surface area contributed by atoms with Gasteiger partial charge in [0.05, 0.1) is 11.4 Å². The van der Waals surface area contributed by atoms with Gasteiger partial charge in [-0.15, -0.1) is 11.3 Å². The minimum atomic E-state index is -0.0663. The van der Waals surface area contributed by atoms with Gasteiger partial charge in [-0.3, -0.25) is 4.79 Å². The highest BCUT2D eigenvalue weighted by Gasteiger charge is 2.18. The predicted molar refractivity (Wildman–Crippen MR) is 50.3 cm³/mol. The van der Waals surface area contributed by atoms with E-state index in [1.165, 1.54) is 0 Å². The van der Waals surface area contributed by atoms with Crippen LogP contribution in [0.4, 0.5) is 11.4 Å². The number of thiophene rings is 1. The van der Waals surface area contributed by atoms with Crippen molar-refractivity contribution in [2.45, 2.75) is 6.92 Å². The van der Waals surface area contributed by atoms with Gasteiger partial charge in [0.2, 0.25) is 0 Å². The summed E-state index contributed by atoms with van der Waals surface area (Å²) in [6.07, 6.45) is 1.76. The Hall–Kier alpha value is -1.29. The maximum atomic E-state index is 11.2. The zero-order valence-electron chi connectivity index (χ0n) is 6.55. The summed E-state index contributed by atoms with van der Waals surface area (Å²) in [5, 5.41) is 9.70. The van der Waals surface area contributed by atoms with Crippen molar-refractivity contribution in [3.8, 4) is 0 Å². The lowest BCUT2D eigenvalue weighted by Gasteiger charge is -2.17. The van der Waals surface area contributed by atoms with Crippen LogP contribution in [0.25, 0.3) is 0 Å². The van der Waals surface area contributed by atoms with E-state index in [0.29, 0.717) is 5.70 Å². The molecular weight excluding hydrogens is 172 g/mol. The van der Waals surface area contributed by atoms with E-state index in [-0.39, 0.29) is 5.91 Å². The number of hydrogen-bond donors (Lipinski definition) is 2. The Kier molecular flexibility index (Phi) is 1.62. The first-order valence-corrected chi connectivity index (χ1v) is 4.56. The van der Waals surface area contributed by atoms with Gasteiger partial charge in [0.15, 0.2) is 0 Å². The maximum absolute atomic E-state index is 11.2. The van der Waals surface area contributed by atoms with Gasteiger partial charge in [0.25, 0.3) is 5.91 Å². The molecule has 1 aliphatic heterocycles. The highest BCUT2D eigenvalue weighted by Crippen LogP contribution is 2.31. The van der Waals surface area contributed by atoms with Crippen molar-refractivity contribution in [1.82, 2.24) is 0 Å². The van der Waals surface area contributed by atoms with Crippen LogP contribution in [0.1, 0.15) is 6.92 Å². The standard InChI is InChI=1S/C8H8N2OS/c1-2-5-8(11)10-7-4-12-3-6(7)9-5/h2-4,9H,1H3,(H,10,11). The van der Waals surface area contributed by atoms with Gasteiger partial charge in [-0.05, 0) is 6.92 Å². The third-order valence-electron chi connectivity index (χ3n) is 1.71. The summed E-state index contributed by atoms with van der Waals surface area (Å²) in [7, 11) is 0. The number of carbonyl (C=O) groups excluding carboxylic acids is 1. The summed E-state index contributed by atoms with van der Waals surface area (Å²) in [5.41, 5.74) is 2.46. The SMILES string of the molecule is CC=C1Nc2cscc2NC1=O. The summed E-state index contributed by atoms with van der Waals surface area (Å²) in [5.74, 6) is -0.0663. The first kappa shape index (κ1) is 7.36. The van der Waals surface area contributed by atoms with Crippen LogP contribution in [-0.4, -0.2) is 5.91 Å². The van der Waals surface area contributed by atoms with Crippen molar-refractivity contribution in [1.29, 1.82) is 0 Å². The number of amides is 1. The maximum Gasteiger partial charge on any atom is 0.271 e. The van der Waals surface area contributed by atoms with Crippen LogP contribution >= 0.6 is 11.3 Å². The number of anilines is 2. The number of hydrogen-bond acceptors (Lipinski definition) is 3. The summed E-state index contributed by atoms with van der Waals surface area (Å²) in [4.78, 5) is 11.2. The van der Waals surface area contributed by atoms with Crippen molar-refractivity contribution in [3.63, 3.8) is 0 Å². The van der Waals surface area contributed by atoms with E-state index in [2.05, 4.69) is 10.6 Å². The van der Waals surface area contributed by atoms with Crippen LogP contribution in [0.5, 0.6) is 0 Å². The third-order valence-corrected chi connectivity index (χ3v) is 2.46. The van der Waals surface area contributed by atoms with Crippen LogP contribution in [-0.2, 0) is 4.79 Å². The van der Waals surface area contributed by atoms with Crippen molar-refractivity contribution in [2.24, 2.45) is 0 Å². The molecule has 1 amide bonds. The molecule has 62 valence electrons. The Labute approximate surface area is 74.1 Å². The molecule has 12 heavy (non-hydrogen) atoms. The van der Waals surface area contributed by atoms with Gasteiger partial charge >= 0.3 is 0 Å². The Morgan fingerprint density at radius 1 is 1.33 bits per heavy atom. The van der Waals surface area contributed by atoms with Gasteiger partial charge in [-0.2, -0.15) is 0 Å². The van der Waals surface area contributed by atoms with Crippen molar-refractivity contribution in [3.05, 3.63) is 22.5 Å². The van der Waals surface area contributed by atoms with Crippen molar-refractivity contribution in [2.75, 3.05) is 10.6 Å². The molecule has 2 rings (SSSR count). The molecule has 0 spiro atoms. The molecule has 0 aromatic carbocycles. The van der Waals surface area contributed by atoms with Gasteiger partial charge in [-0.1, -0.05) is 6.08 Å². The van der Waals surface area contributed by atoms with E-state index in [4.69, 9.17) is 0 Å². The normalized spacial score (nSPS) is 18.4. The molecule has 0 saturated heterocycles. The van der Waals surface area contributed by atoms with Gasteiger partial charge < -0.3 is 10.6 Å². The molecule has 3 nitrogen and oxygen atoms in total. The van der Waals surface area contributed by atoms with E-state index >= 15 is 0 Å². The van der Waals surface area contributed by atoms with E-state index in [9.17, 15) is 4.79 Å². The smallest absolute Gasteiger partial charge is 0.271 e. The summed E-state index contributed by atoms with van der Waals surface area (Å²) in [6.45, 7) is 1.83. The molecule has 1 aromatic heterocycles. The van der Waals surface area contributed by atoms with E-state index in [1.807, 2.05) is 17.7 Å². The van der Waals surface area contributed by atoms with Gasteiger partial charge in [0, 0.05) is 10.8 Å². The number of carbonyl (C=O) groups is 1. The van der Waals surface area contributed by atoms with Gasteiger partial charge in [0.1, 0.15) is 5.70 Å². The van der Waals surface area contributed by atoms with E-state index in [0.717, 1.165) is 11.4 Å². The first-order valence-electron chi connectivity index (χ1n) is 3.62. The number of rotatable bonds is 0. The van der Waals surface area contributed by atoms with Gasteiger partial charge in [-0.25, -0.2) is 0 Å². The monoisotopic (exact) mass is 180 g/mol. The fourth-order valence-electron chi connectivity index (χ4n) is 1.09. The molecular formula is C8H8N2OS. The molecule has 0 unspecified atom stereocenters. The Balaban J connectivity index is 2.42. The molecule has 2 heterocycles. The lowest BCUT2D eigenvalue weighted by Crippen LogP contribution is -2.24. The minimum absolute atomic E-state index is 0.0663.